The van der Waals surface area contributed by atoms with Gasteiger partial charge in [0.25, 0.3) is 5.91 Å². The molecule has 0 bridgehead atoms. The number of fused-ring (bicyclic) bond motifs is 1. The number of hydrogen-bond acceptors (Lipinski definition) is 4. The molecule has 27 heavy (non-hydrogen) atoms. The van der Waals surface area contributed by atoms with E-state index in [4.69, 9.17) is 0 Å². The normalized spacial score (nSPS) is 24.3. The van der Waals surface area contributed by atoms with E-state index in [2.05, 4.69) is 28.5 Å². The van der Waals surface area contributed by atoms with Gasteiger partial charge in [-0.05, 0) is 36.3 Å². The predicted molar refractivity (Wildman–Crippen MR) is 90.7 cm³/mol. The minimum Gasteiger partial charge on any atom is -0.335 e. The molecule has 5 nitrogen and oxygen atoms in total. The first kappa shape index (κ1) is 18.0. The van der Waals surface area contributed by atoms with E-state index in [0.29, 0.717) is 17.0 Å². The number of hydrogen-bond donors (Lipinski definition) is 0. The fourth-order valence-electron chi connectivity index (χ4n) is 4.50. The van der Waals surface area contributed by atoms with Crippen molar-refractivity contribution >= 4 is 5.91 Å². The summed E-state index contributed by atoms with van der Waals surface area (Å²) >= 11 is 0. The van der Waals surface area contributed by atoms with E-state index < -0.39 is 12.1 Å². The van der Waals surface area contributed by atoms with Crippen LogP contribution < -0.4 is 0 Å². The van der Waals surface area contributed by atoms with Gasteiger partial charge in [0.15, 0.2) is 0 Å². The molecule has 0 radical (unpaired) electrons. The van der Waals surface area contributed by atoms with Gasteiger partial charge in [0, 0.05) is 23.7 Å². The van der Waals surface area contributed by atoms with Crippen LogP contribution in [0.3, 0.4) is 0 Å². The molecular weight excluding hydrogens is 359 g/mol. The molecule has 4 rings (SSSR count). The molecule has 1 aliphatic carbocycles. The summed E-state index contributed by atoms with van der Waals surface area (Å²) in [7, 11) is 0. The Labute approximate surface area is 154 Å². The molecule has 144 valence electrons. The number of aromatic nitrogens is 2. The van der Waals surface area contributed by atoms with E-state index >= 15 is 0 Å². The van der Waals surface area contributed by atoms with Crippen LogP contribution in [0.1, 0.15) is 49.4 Å². The topological polar surface area (TPSA) is 59.2 Å². The van der Waals surface area contributed by atoms with Gasteiger partial charge < -0.3 is 9.42 Å². The van der Waals surface area contributed by atoms with Gasteiger partial charge in [-0.3, -0.25) is 4.79 Å². The third-order valence-corrected chi connectivity index (χ3v) is 5.78. The van der Waals surface area contributed by atoms with Gasteiger partial charge in [0.1, 0.15) is 0 Å². The quantitative estimate of drug-likeness (QED) is 0.776. The molecule has 2 unspecified atom stereocenters. The van der Waals surface area contributed by atoms with Crippen molar-refractivity contribution in [3.63, 3.8) is 0 Å². The molecule has 2 heterocycles. The second-order valence-corrected chi connectivity index (χ2v) is 8.02. The Morgan fingerprint density at radius 3 is 2.56 bits per heavy atom. The summed E-state index contributed by atoms with van der Waals surface area (Å²) in [5.74, 6) is -1.04. The summed E-state index contributed by atoms with van der Waals surface area (Å²) in [6.07, 6.45) is -1.36. The van der Waals surface area contributed by atoms with E-state index in [-0.39, 0.29) is 23.2 Å². The fourth-order valence-corrected chi connectivity index (χ4v) is 4.50. The van der Waals surface area contributed by atoms with Crippen molar-refractivity contribution in [2.75, 3.05) is 6.54 Å². The molecule has 0 N–H and O–H groups in total. The first-order valence-electron chi connectivity index (χ1n) is 8.99. The van der Waals surface area contributed by atoms with Gasteiger partial charge in [-0.1, -0.05) is 37.6 Å². The van der Waals surface area contributed by atoms with E-state index in [1.807, 2.05) is 4.90 Å². The van der Waals surface area contributed by atoms with Gasteiger partial charge >= 0.3 is 12.1 Å². The molecule has 1 aromatic carbocycles. The van der Waals surface area contributed by atoms with E-state index in [9.17, 15) is 18.0 Å². The fraction of sp³-hybridized carbons (Fsp3) is 0.526. The number of rotatable bonds is 2. The van der Waals surface area contributed by atoms with Gasteiger partial charge in [-0.25, -0.2) is 0 Å². The number of amides is 1. The van der Waals surface area contributed by atoms with Crippen LogP contribution in [0.2, 0.25) is 0 Å². The zero-order valence-electron chi connectivity index (χ0n) is 15.1. The molecule has 2 fully saturated rings. The number of carbonyl (C=O) groups is 1. The number of carbonyl (C=O) groups excluding carboxylic acids is 1. The van der Waals surface area contributed by atoms with Crippen molar-refractivity contribution in [1.29, 1.82) is 0 Å². The Balaban J connectivity index is 1.54. The zero-order chi connectivity index (χ0) is 19.4. The molecule has 2 aliphatic rings. The van der Waals surface area contributed by atoms with Crippen molar-refractivity contribution in [3.05, 3.63) is 35.7 Å². The maximum absolute atomic E-state index is 13.0. The van der Waals surface area contributed by atoms with E-state index in [0.717, 1.165) is 25.8 Å². The number of halogens is 3. The van der Waals surface area contributed by atoms with Crippen LogP contribution in [0.5, 0.6) is 0 Å². The Hall–Kier alpha value is -2.38. The Morgan fingerprint density at radius 1 is 1.22 bits per heavy atom. The zero-order valence-corrected chi connectivity index (χ0v) is 15.1. The SMILES string of the molecule is CC1(C)CN(C(=O)c2ccc(-c3noc(C(F)(F)F)n3)cc2)C2CCCC21. The molecular formula is C19H20F3N3O2. The van der Waals surface area contributed by atoms with E-state index in [1.54, 1.807) is 24.3 Å². The lowest BCUT2D eigenvalue weighted by Crippen LogP contribution is -2.36. The lowest BCUT2D eigenvalue weighted by Gasteiger charge is -2.24. The highest BCUT2D eigenvalue weighted by atomic mass is 19.4. The van der Waals surface area contributed by atoms with Crippen molar-refractivity contribution in [2.45, 2.75) is 45.3 Å². The third-order valence-electron chi connectivity index (χ3n) is 5.78. The average molecular weight is 379 g/mol. The molecule has 0 spiro atoms. The number of benzene rings is 1. The Morgan fingerprint density at radius 2 is 1.93 bits per heavy atom. The van der Waals surface area contributed by atoms with Crippen LogP contribution in [0.4, 0.5) is 13.2 Å². The highest BCUT2D eigenvalue weighted by Crippen LogP contribution is 2.48. The first-order chi connectivity index (χ1) is 12.7. The molecule has 2 aromatic rings. The number of likely N-dealkylation sites (tertiary alicyclic amines) is 1. The minimum atomic E-state index is -4.68. The molecule has 8 heteroatoms. The average Bonchev–Trinajstić information content (AvgIpc) is 3.31. The first-order valence-corrected chi connectivity index (χ1v) is 8.99. The Kier molecular flexibility index (Phi) is 4.05. The van der Waals surface area contributed by atoms with Gasteiger partial charge in [0.05, 0.1) is 0 Å². The maximum Gasteiger partial charge on any atom is 0.471 e. The smallest absolute Gasteiger partial charge is 0.335 e. The van der Waals surface area contributed by atoms with Crippen molar-refractivity contribution in [2.24, 2.45) is 11.3 Å². The van der Waals surface area contributed by atoms with Gasteiger partial charge in [-0.15, -0.1) is 0 Å². The third kappa shape index (κ3) is 3.11. The lowest BCUT2D eigenvalue weighted by molar-refractivity contribution is -0.159. The molecule has 1 amide bonds. The van der Waals surface area contributed by atoms with Crippen LogP contribution in [0, 0.1) is 11.3 Å². The summed E-state index contributed by atoms with van der Waals surface area (Å²) in [5.41, 5.74) is 0.989. The predicted octanol–water partition coefficient (Wildman–Crippen LogP) is 4.41. The molecule has 1 saturated carbocycles. The molecule has 2 atom stereocenters. The lowest BCUT2D eigenvalue weighted by atomic mass is 9.80. The van der Waals surface area contributed by atoms with Crippen LogP contribution in [-0.4, -0.2) is 33.5 Å². The van der Waals surface area contributed by atoms with Crippen LogP contribution >= 0.6 is 0 Å². The van der Waals surface area contributed by atoms with Crippen LogP contribution in [0.15, 0.2) is 28.8 Å². The van der Waals surface area contributed by atoms with E-state index in [1.165, 1.54) is 0 Å². The van der Waals surface area contributed by atoms with Crippen LogP contribution in [-0.2, 0) is 6.18 Å². The molecule has 1 saturated heterocycles. The second kappa shape index (κ2) is 6.07. The highest BCUT2D eigenvalue weighted by molar-refractivity contribution is 5.95. The minimum absolute atomic E-state index is 0.0342. The summed E-state index contributed by atoms with van der Waals surface area (Å²) in [5, 5.41) is 3.37. The van der Waals surface area contributed by atoms with Crippen LogP contribution in [0.25, 0.3) is 11.4 Å². The van der Waals surface area contributed by atoms with Gasteiger partial charge in [-0.2, -0.15) is 18.2 Å². The second-order valence-electron chi connectivity index (χ2n) is 8.02. The van der Waals surface area contributed by atoms with Crippen molar-refractivity contribution in [1.82, 2.24) is 15.0 Å². The summed E-state index contributed by atoms with van der Waals surface area (Å²) < 4.78 is 42.0. The Bertz CT molecular complexity index is 858. The van der Waals surface area contributed by atoms with Gasteiger partial charge in [0.2, 0.25) is 5.82 Å². The number of alkyl halides is 3. The highest BCUT2D eigenvalue weighted by Gasteiger charge is 2.50. The largest absolute Gasteiger partial charge is 0.471 e. The number of nitrogens with zero attached hydrogens (tertiary/aromatic N) is 3. The molecule has 1 aromatic heterocycles. The van der Waals surface area contributed by atoms with Crippen molar-refractivity contribution < 1.29 is 22.5 Å². The molecule has 1 aliphatic heterocycles. The van der Waals surface area contributed by atoms with Crippen molar-refractivity contribution in [3.8, 4) is 11.4 Å². The summed E-state index contributed by atoms with van der Waals surface area (Å²) in [6.45, 7) is 5.14. The standard InChI is InChI=1S/C19H20F3N3O2/c1-18(2)10-25(14-5-3-4-13(14)18)16(26)12-8-6-11(7-9-12)15-23-17(27-24-15)19(20,21)22/h6-9,13-14H,3-5,10H2,1-2H3. The summed E-state index contributed by atoms with van der Waals surface area (Å²) in [6, 6.07) is 6.59. The maximum atomic E-state index is 13.0. The summed E-state index contributed by atoms with van der Waals surface area (Å²) in [4.78, 5) is 18.3. The monoisotopic (exact) mass is 379 g/mol.